The average molecular weight is 311 g/mol. The summed E-state index contributed by atoms with van der Waals surface area (Å²) in [5, 5.41) is 12.6. The lowest BCUT2D eigenvalue weighted by atomic mass is 10.1. The van der Waals surface area contributed by atoms with Gasteiger partial charge in [-0.15, -0.1) is 0 Å². The molecule has 0 atom stereocenters. The van der Waals surface area contributed by atoms with Gasteiger partial charge in [0.15, 0.2) is 0 Å². The fourth-order valence-electron chi connectivity index (χ4n) is 2.37. The van der Waals surface area contributed by atoms with Gasteiger partial charge in [-0.2, -0.15) is 0 Å². The number of benzene rings is 1. The van der Waals surface area contributed by atoms with Gasteiger partial charge in [0.05, 0.1) is 5.56 Å². The van der Waals surface area contributed by atoms with E-state index in [-0.39, 0.29) is 30.2 Å². The van der Waals surface area contributed by atoms with Crippen LogP contribution >= 0.6 is 11.6 Å². The standard InChI is InChI=1S/C15H19ClN2O3/c16-11-4-5-13(19)12(10-11)15(21)17-7-6-14(20)18-8-2-1-3-9-18/h4-5,10,19H,1-3,6-9H2,(H,17,21). The van der Waals surface area contributed by atoms with Crippen LogP contribution in [0.4, 0.5) is 0 Å². The van der Waals surface area contributed by atoms with E-state index in [1.165, 1.54) is 24.6 Å². The molecule has 0 aromatic heterocycles. The van der Waals surface area contributed by atoms with E-state index < -0.39 is 5.91 Å². The molecule has 1 fully saturated rings. The number of nitrogens with zero attached hydrogens (tertiary/aromatic N) is 1. The number of hydrogen-bond donors (Lipinski definition) is 2. The Morgan fingerprint density at radius 3 is 2.67 bits per heavy atom. The number of carbonyl (C=O) groups excluding carboxylic acids is 2. The van der Waals surface area contributed by atoms with E-state index in [9.17, 15) is 14.7 Å². The Hall–Kier alpha value is -1.75. The Morgan fingerprint density at radius 2 is 1.95 bits per heavy atom. The van der Waals surface area contributed by atoms with Gasteiger partial charge < -0.3 is 15.3 Å². The van der Waals surface area contributed by atoms with Crippen LogP contribution in [0.25, 0.3) is 0 Å². The zero-order valence-electron chi connectivity index (χ0n) is 11.8. The molecule has 2 rings (SSSR count). The summed E-state index contributed by atoms with van der Waals surface area (Å²) >= 11 is 5.80. The van der Waals surface area contributed by atoms with Crippen molar-refractivity contribution in [2.75, 3.05) is 19.6 Å². The maximum absolute atomic E-state index is 11.9. The second kappa shape index (κ2) is 7.31. The quantitative estimate of drug-likeness (QED) is 0.895. The zero-order valence-corrected chi connectivity index (χ0v) is 12.5. The number of rotatable bonds is 4. The largest absolute Gasteiger partial charge is 0.507 e. The maximum atomic E-state index is 11.9. The van der Waals surface area contributed by atoms with Gasteiger partial charge in [0, 0.05) is 31.1 Å². The van der Waals surface area contributed by atoms with Crippen molar-refractivity contribution in [3.63, 3.8) is 0 Å². The topological polar surface area (TPSA) is 69.6 Å². The van der Waals surface area contributed by atoms with Crippen LogP contribution in [0.1, 0.15) is 36.0 Å². The first-order valence-corrected chi connectivity index (χ1v) is 7.50. The molecular weight excluding hydrogens is 292 g/mol. The summed E-state index contributed by atoms with van der Waals surface area (Å²) < 4.78 is 0. The van der Waals surface area contributed by atoms with Crippen LogP contribution in [-0.2, 0) is 4.79 Å². The molecule has 1 heterocycles. The molecule has 1 aliphatic heterocycles. The lowest BCUT2D eigenvalue weighted by molar-refractivity contribution is -0.131. The molecule has 0 radical (unpaired) electrons. The van der Waals surface area contributed by atoms with Gasteiger partial charge in [0.25, 0.3) is 5.91 Å². The van der Waals surface area contributed by atoms with Crippen molar-refractivity contribution in [2.24, 2.45) is 0 Å². The van der Waals surface area contributed by atoms with Crippen LogP contribution in [-0.4, -0.2) is 41.5 Å². The summed E-state index contributed by atoms with van der Waals surface area (Å²) in [6, 6.07) is 4.28. The first-order valence-electron chi connectivity index (χ1n) is 7.12. The molecule has 1 saturated heterocycles. The Balaban J connectivity index is 1.81. The Bertz CT molecular complexity index is 528. The van der Waals surface area contributed by atoms with E-state index in [0.29, 0.717) is 5.02 Å². The van der Waals surface area contributed by atoms with E-state index in [0.717, 1.165) is 25.9 Å². The fourth-order valence-corrected chi connectivity index (χ4v) is 2.54. The number of piperidine rings is 1. The van der Waals surface area contributed by atoms with Gasteiger partial charge in [-0.05, 0) is 37.5 Å². The molecule has 2 N–H and O–H groups in total. The minimum atomic E-state index is -0.429. The van der Waals surface area contributed by atoms with Gasteiger partial charge >= 0.3 is 0 Å². The summed E-state index contributed by atoms with van der Waals surface area (Å²) in [7, 11) is 0. The number of phenolic OH excluding ortho intramolecular Hbond substituents is 1. The Morgan fingerprint density at radius 1 is 1.24 bits per heavy atom. The number of nitrogens with one attached hydrogen (secondary N) is 1. The predicted octanol–water partition coefficient (Wildman–Crippen LogP) is 2.18. The SMILES string of the molecule is O=C(NCCC(=O)N1CCCCC1)c1cc(Cl)ccc1O. The van der Waals surface area contributed by atoms with Crippen molar-refractivity contribution < 1.29 is 14.7 Å². The van der Waals surface area contributed by atoms with Gasteiger partial charge in [0.2, 0.25) is 5.91 Å². The highest BCUT2D eigenvalue weighted by Gasteiger charge is 2.17. The van der Waals surface area contributed by atoms with Crippen LogP contribution in [0, 0.1) is 0 Å². The summed E-state index contributed by atoms with van der Waals surface area (Å²) in [5.41, 5.74) is 0.118. The van der Waals surface area contributed by atoms with Crippen molar-refractivity contribution in [1.29, 1.82) is 0 Å². The van der Waals surface area contributed by atoms with Crippen molar-refractivity contribution >= 4 is 23.4 Å². The molecule has 21 heavy (non-hydrogen) atoms. The number of aromatic hydroxyl groups is 1. The minimum Gasteiger partial charge on any atom is -0.507 e. The third kappa shape index (κ3) is 4.36. The Kier molecular flexibility index (Phi) is 5.44. The molecule has 0 aliphatic carbocycles. The zero-order chi connectivity index (χ0) is 15.2. The van der Waals surface area contributed by atoms with Gasteiger partial charge in [-0.25, -0.2) is 0 Å². The number of amides is 2. The monoisotopic (exact) mass is 310 g/mol. The van der Waals surface area contributed by atoms with E-state index in [4.69, 9.17) is 11.6 Å². The molecule has 114 valence electrons. The van der Waals surface area contributed by atoms with Crippen molar-refractivity contribution in [2.45, 2.75) is 25.7 Å². The normalized spacial score (nSPS) is 14.8. The summed E-state index contributed by atoms with van der Waals surface area (Å²) in [6.07, 6.45) is 3.55. The summed E-state index contributed by atoms with van der Waals surface area (Å²) in [6.45, 7) is 1.86. The van der Waals surface area contributed by atoms with E-state index in [2.05, 4.69) is 5.32 Å². The summed E-state index contributed by atoms with van der Waals surface area (Å²) in [4.78, 5) is 25.7. The molecule has 1 aromatic carbocycles. The average Bonchev–Trinajstić information content (AvgIpc) is 2.50. The first-order chi connectivity index (χ1) is 10.1. The molecule has 0 unspecified atom stereocenters. The predicted molar refractivity (Wildman–Crippen MR) is 80.5 cm³/mol. The molecule has 1 aromatic rings. The number of phenols is 1. The molecule has 1 aliphatic rings. The van der Waals surface area contributed by atoms with Crippen LogP contribution in [0.5, 0.6) is 5.75 Å². The summed E-state index contributed by atoms with van der Waals surface area (Å²) in [5.74, 6) is -0.494. The molecule has 6 heteroatoms. The highest BCUT2D eigenvalue weighted by atomic mass is 35.5. The first kappa shape index (κ1) is 15.6. The Labute approximate surface area is 128 Å². The number of halogens is 1. The second-order valence-corrected chi connectivity index (χ2v) is 5.55. The van der Waals surface area contributed by atoms with Gasteiger partial charge in [-0.3, -0.25) is 9.59 Å². The minimum absolute atomic E-state index is 0.0605. The lowest BCUT2D eigenvalue weighted by Crippen LogP contribution is -2.37. The molecule has 2 amide bonds. The molecule has 0 saturated carbocycles. The van der Waals surface area contributed by atoms with E-state index in [1.807, 2.05) is 4.90 Å². The molecule has 5 nitrogen and oxygen atoms in total. The van der Waals surface area contributed by atoms with Crippen LogP contribution in [0.3, 0.4) is 0 Å². The number of hydrogen-bond acceptors (Lipinski definition) is 3. The third-order valence-corrected chi connectivity index (χ3v) is 3.77. The maximum Gasteiger partial charge on any atom is 0.255 e. The second-order valence-electron chi connectivity index (χ2n) is 5.11. The van der Waals surface area contributed by atoms with Crippen LogP contribution in [0.15, 0.2) is 18.2 Å². The molecule has 0 bridgehead atoms. The van der Waals surface area contributed by atoms with Crippen molar-refractivity contribution in [3.05, 3.63) is 28.8 Å². The van der Waals surface area contributed by atoms with Gasteiger partial charge in [0.1, 0.15) is 5.75 Å². The third-order valence-electron chi connectivity index (χ3n) is 3.54. The van der Waals surface area contributed by atoms with Crippen molar-refractivity contribution in [1.82, 2.24) is 10.2 Å². The number of likely N-dealkylation sites (tertiary alicyclic amines) is 1. The lowest BCUT2D eigenvalue weighted by Gasteiger charge is -2.26. The van der Waals surface area contributed by atoms with E-state index in [1.54, 1.807) is 0 Å². The number of carbonyl (C=O) groups is 2. The van der Waals surface area contributed by atoms with Crippen LogP contribution in [0.2, 0.25) is 5.02 Å². The van der Waals surface area contributed by atoms with E-state index >= 15 is 0 Å². The van der Waals surface area contributed by atoms with Crippen LogP contribution < -0.4 is 5.32 Å². The highest BCUT2D eigenvalue weighted by molar-refractivity contribution is 6.31. The van der Waals surface area contributed by atoms with Gasteiger partial charge in [-0.1, -0.05) is 11.6 Å². The van der Waals surface area contributed by atoms with Crippen molar-refractivity contribution in [3.8, 4) is 5.75 Å². The smallest absolute Gasteiger partial charge is 0.255 e. The molecular formula is C15H19ClN2O3. The molecule has 0 spiro atoms. The highest BCUT2D eigenvalue weighted by Crippen LogP contribution is 2.21. The fraction of sp³-hybridized carbons (Fsp3) is 0.467.